The second-order valence-electron chi connectivity index (χ2n) is 5.81. The molecule has 2 N–H and O–H groups in total. The van der Waals surface area contributed by atoms with Crippen LogP contribution in [0.15, 0.2) is 36.5 Å². The zero-order valence-electron chi connectivity index (χ0n) is 13.8. The number of pyridine rings is 1. The van der Waals surface area contributed by atoms with E-state index in [0.29, 0.717) is 22.0 Å². The van der Waals surface area contributed by atoms with E-state index in [0.717, 1.165) is 31.6 Å². The van der Waals surface area contributed by atoms with E-state index >= 15 is 0 Å². The maximum Gasteiger partial charge on any atom is 0.257 e. The number of carbonyl (C=O) groups is 1. The van der Waals surface area contributed by atoms with E-state index in [2.05, 4.69) is 26.6 Å². The third kappa shape index (κ3) is 4.28. The third-order valence-electron chi connectivity index (χ3n) is 4.02. The summed E-state index contributed by atoms with van der Waals surface area (Å²) in [6.45, 7) is 1.87. The number of carbonyl (C=O) groups excluding carboxylic acids is 1. The third-order valence-corrected chi connectivity index (χ3v) is 4.45. The van der Waals surface area contributed by atoms with E-state index in [-0.39, 0.29) is 11.0 Å². The van der Waals surface area contributed by atoms with Crippen molar-refractivity contribution in [3.05, 3.63) is 52.7 Å². The molecule has 0 spiro atoms. The molecule has 2 aromatic rings. The predicted octanol–water partition coefficient (Wildman–Crippen LogP) is 3.33. The van der Waals surface area contributed by atoms with Gasteiger partial charge in [-0.1, -0.05) is 11.6 Å². The van der Waals surface area contributed by atoms with Gasteiger partial charge in [-0.2, -0.15) is 5.26 Å². The molecule has 0 atom stereocenters. The Bertz CT molecular complexity index is 872. The summed E-state index contributed by atoms with van der Waals surface area (Å²) >= 11 is 10.9. The molecule has 0 bridgehead atoms. The van der Waals surface area contributed by atoms with E-state index < -0.39 is 0 Å². The molecular weight excluding hydrogens is 370 g/mol. The highest BCUT2D eigenvalue weighted by molar-refractivity contribution is 7.80. The average Bonchev–Trinajstić information content (AvgIpc) is 3.17. The van der Waals surface area contributed by atoms with Gasteiger partial charge in [-0.15, -0.1) is 0 Å². The fourth-order valence-electron chi connectivity index (χ4n) is 2.77. The Morgan fingerprint density at radius 1 is 1.27 bits per heavy atom. The minimum atomic E-state index is -0.388. The lowest BCUT2D eigenvalue weighted by molar-refractivity contribution is 0.0977. The van der Waals surface area contributed by atoms with Crippen LogP contribution in [-0.2, 0) is 0 Å². The van der Waals surface area contributed by atoms with E-state index in [1.165, 1.54) is 6.20 Å². The van der Waals surface area contributed by atoms with Gasteiger partial charge in [0.1, 0.15) is 11.9 Å². The van der Waals surface area contributed by atoms with E-state index in [9.17, 15) is 10.1 Å². The number of hydrogen-bond acceptors (Lipinski definition) is 5. The van der Waals surface area contributed by atoms with Gasteiger partial charge in [0.15, 0.2) is 5.11 Å². The maximum atomic E-state index is 12.4. The Morgan fingerprint density at radius 2 is 2.04 bits per heavy atom. The Kier molecular flexibility index (Phi) is 5.66. The molecule has 3 rings (SSSR count). The summed E-state index contributed by atoms with van der Waals surface area (Å²) in [5.74, 6) is 0.0859. The summed E-state index contributed by atoms with van der Waals surface area (Å²) in [6.07, 6.45) is 3.71. The lowest BCUT2D eigenvalue weighted by Gasteiger charge is -2.19. The first-order chi connectivity index (χ1) is 12.6. The van der Waals surface area contributed by atoms with Crippen LogP contribution in [0.1, 0.15) is 28.8 Å². The summed E-state index contributed by atoms with van der Waals surface area (Å²) < 4.78 is 0. The number of benzene rings is 1. The van der Waals surface area contributed by atoms with Gasteiger partial charge in [0.25, 0.3) is 5.91 Å². The molecule has 1 aromatic carbocycles. The van der Waals surface area contributed by atoms with Crippen LogP contribution >= 0.6 is 23.8 Å². The molecule has 0 unspecified atom stereocenters. The van der Waals surface area contributed by atoms with Crippen LogP contribution in [0.25, 0.3) is 0 Å². The summed E-state index contributed by atoms with van der Waals surface area (Å²) in [6, 6.07) is 10.6. The minimum Gasteiger partial charge on any atom is -0.370 e. The number of halogens is 1. The van der Waals surface area contributed by atoms with E-state index in [1.807, 2.05) is 6.07 Å². The number of aromatic nitrogens is 1. The molecule has 8 heteroatoms. The van der Waals surface area contributed by atoms with E-state index in [4.69, 9.17) is 23.8 Å². The van der Waals surface area contributed by atoms with Crippen molar-refractivity contribution in [3.8, 4) is 6.07 Å². The van der Waals surface area contributed by atoms with Crippen LogP contribution in [0.3, 0.4) is 0 Å². The molecule has 0 aliphatic carbocycles. The lowest BCUT2D eigenvalue weighted by Crippen LogP contribution is -2.34. The molecule has 0 radical (unpaired) electrons. The average molecular weight is 386 g/mol. The normalized spacial score (nSPS) is 13.2. The number of anilines is 2. The highest BCUT2D eigenvalue weighted by Gasteiger charge is 2.18. The van der Waals surface area contributed by atoms with Gasteiger partial charge in [-0.25, -0.2) is 4.98 Å². The van der Waals surface area contributed by atoms with Gasteiger partial charge < -0.3 is 10.2 Å². The van der Waals surface area contributed by atoms with Gasteiger partial charge in [-0.05, 0) is 55.4 Å². The van der Waals surface area contributed by atoms with Crippen molar-refractivity contribution in [1.82, 2.24) is 10.3 Å². The zero-order chi connectivity index (χ0) is 18.5. The van der Waals surface area contributed by atoms with Gasteiger partial charge in [0.05, 0.1) is 16.3 Å². The predicted molar refractivity (Wildman–Crippen MR) is 106 cm³/mol. The van der Waals surface area contributed by atoms with E-state index in [1.54, 1.807) is 24.3 Å². The van der Waals surface area contributed by atoms with Crippen LogP contribution in [-0.4, -0.2) is 29.1 Å². The topological polar surface area (TPSA) is 81.0 Å². The minimum absolute atomic E-state index is 0.118. The molecular formula is C18H16ClN5OS. The highest BCUT2D eigenvalue weighted by atomic mass is 35.5. The molecule has 1 aromatic heterocycles. The first kappa shape index (κ1) is 18.1. The molecule has 6 nitrogen and oxygen atoms in total. The molecule has 2 heterocycles. The first-order valence-corrected chi connectivity index (χ1v) is 8.88. The Labute approximate surface area is 161 Å². The maximum absolute atomic E-state index is 12.4. The molecule has 0 saturated carbocycles. The molecule has 1 aliphatic rings. The molecule has 1 fully saturated rings. The summed E-state index contributed by atoms with van der Waals surface area (Å²) in [7, 11) is 0. The largest absolute Gasteiger partial charge is 0.370 e. The Balaban J connectivity index is 1.68. The monoisotopic (exact) mass is 385 g/mol. The summed E-state index contributed by atoms with van der Waals surface area (Å²) in [5.41, 5.74) is 1.73. The van der Waals surface area contributed by atoms with Crippen LogP contribution in [0.5, 0.6) is 0 Å². The van der Waals surface area contributed by atoms with Gasteiger partial charge >= 0.3 is 0 Å². The number of amides is 1. The van der Waals surface area contributed by atoms with Gasteiger partial charge in [-0.3, -0.25) is 10.1 Å². The molecule has 132 valence electrons. The van der Waals surface area contributed by atoms with Crippen molar-refractivity contribution >= 4 is 46.3 Å². The van der Waals surface area contributed by atoms with Crippen molar-refractivity contribution in [1.29, 1.82) is 5.26 Å². The number of nitrogens with zero attached hydrogens (tertiary/aromatic N) is 3. The first-order valence-electron chi connectivity index (χ1n) is 8.10. The smallest absolute Gasteiger partial charge is 0.257 e. The SMILES string of the molecule is N#Cc1cc(C(=O)NC(=S)Nc2ccc(Cl)cn2)ccc1N1CCCC1. The number of nitrogens with one attached hydrogen (secondary N) is 2. The quantitative estimate of drug-likeness (QED) is 0.789. The number of thiocarbonyl (C=S) groups is 1. The fraction of sp³-hybridized carbons (Fsp3) is 0.222. The van der Waals surface area contributed by atoms with Crippen molar-refractivity contribution in [2.75, 3.05) is 23.3 Å². The second-order valence-corrected chi connectivity index (χ2v) is 6.65. The zero-order valence-corrected chi connectivity index (χ0v) is 15.4. The van der Waals surface area contributed by atoms with Crippen molar-refractivity contribution in [2.24, 2.45) is 0 Å². The van der Waals surface area contributed by atoms with Crippen LogP contribution < -0.4 is 15.5 Å². The standard InChI is InChI=1S/C18H16ClN5OS/c19-14-4-6-16(21-11-14)22-18(26)23-17(25)12-3-5-15(13(9-12)10-20)24-7-1-2-8-24/h3-6,9,11H,1-2,7-8H2,(H2,21,22,23,25,26). The Hall–Kier alpha value is -2.69. The summed E-state index contributed by atoms with van der Waals surface area (Å²) in [4.78, 5) is 18.6. The lowest BCUT2D eigenvalue weighted by atomic mass is 10.1. The molecule has 1 aliphatic heterocycles. The number of hydrogen-bond donors (Lipinski definition) is 2. The van der Waals surface area contributed by atoms with Crippen molar-refractivity contribution < 1.29 is 4.79 Å². The van der Waals surface area contributed by atoms with Crippen molar-refractivity contribution in [2.45, 2.75) is 12.8 Å². The number of rotatable bonds is 3. The van der Waals surface area contributed by atoms with Gasteiger partial charge in [0, 0.05) is 24.8 Å². The van der Waals surface area contributed by atoms with Crippen LogP contribution in [0, 0.1) is 11.3 Å². The summed E-state index contributed by atoms with van der Waals surface area (Å²) in [5, 5.41) is 15.4. The molecule has 1 amide bonds. The molecule has 1 saturated heterocycles. The van der Waals surface area contributed by atoms with Crippen LogP contribution in [0.2, 0.25) is 5.02 Å². The van der Waals surface area contributed by atoms with Crippen molar-refractivity contribution in [3.63, 3.8) is 0 Å². The second kappa shape index (κ2) is 8.13. The number of nitriles is 1. The molecule has 26 heavy (non-hydrogen) atoms. The Morgan fingerprint density at radius 3 is 2.69 bits per heavy atom. The fourth-order valence-corrected chi connectivity index (χ4v) is 3.08. The van der Waals surface area contributed by atoms with Gasteiger partial charge in [0.2, 0.25) is 0 Å². The van der Waals surface area contributed by atoms with Crippen LogP contribution in [0.4, 0.5) is 11.5 Å². The highest BCUT2D eigenvalue weighted by Crippen LogP contribution is 2.25.